The molecule has 0 aliphatic carbocycles. The van der Waals surface area contributed by atoms with Crippen LogP contribution in [-0.4, -0.2) is 14.5 Å². The molecule has 4 rings (SSSR count). The van der Waals surface area contributed by atoms with Crippen molar-refractivity contribution in [2.45, 2.75) is 27.3 Å². The summed E-state index contributed by atoms with van der Waals surface area (Å²) < 4.78 is 1.68. The fourth-order valence-corrected chi connectivity index (χ4v) is 3.31. The Morgan fingerprint density at radius 3 is 2.42 bits per heavy atom. The minimum absolute atomic E-state index is 0.0740. The van der Waals surface area contributed by atoms with Crippen LogP contribution < -0.4 is 5.56 Å². The summed E-state index contributed by atoms with van der Waals surface area (Å²) in [6, 6.07) is 11.6. The molecular weight excluding hydrogens is 346 g/mol. The average Bonchev–Trinajstić information content (AvgIpc) is 2.61. The van der Waals surface area contributed by atoms with E-state index in [1.165, 1.54) is 5.56 Å². The van der Waals surface area contributed by atoms with Gasteiger partial charge in [0.15, 0.2) is 0 Å². The van der Waals surface area contributed by atoms with Gasteiger partial charge in [0, 0.05) is 16.6 Å². The Morgan fingerprint density at radius 1 is 1.00 bits per heavy atom. The first-order chi connectivity index (χ1) is 12.4. The molecule has 2 heterocycles. The van der Waals surface area contributed by atoms with E-state index in [0.717, 1.165) is 22.0 Å². The van der Waals surface area contributed by atoms with Gasteiger partial charge in [-0.3, -0.25) is 14.3 Å². The largest absolute Gasteiger partial charge is 0.292 e. The van der Waals surface area contributed by atoms with Crippen molar-refractivity contribution in [3.05, 3.63) is 80.5 Å². The summed E-state index contributed by atoms with van der Waals surface area (Å²) >= 11 is 5.95. The second-order valence-electron chi connectivity index (χ2n) is 6.65. The minimum Gasteiger partial charge on any atom is -0.292 e. The summed E-state index contributed by atoms with van der Waals surface area (Å²) in [5.41, 5.74) is 4.85. The van der Waals surface area contributed by atoms with Gasteiger partial charge in [-0.2, -0.15) is 0 Å². The van der Waals surface area contributed by atoms with Gasteiger partial charge in [0.05, 0.1) is 23.0 Å². The molecule has 0 spiro atoms. The molecule has 130 valence electrons. The van der Waals surface area contributed by atoms with Crippen molar-refractivity contribution >= 4 is 33.4 Å². The summed E-state index contributed by atoms with van der Waals surface area (Å²) in [4.78, 5) is 22.3. The molecule has 26 heavy (non-hydrogen) atoms. The van der Waals surface area contributed by atoms with Crippen molar-refractivity contribution in [2.24, 2.45) is 0 Å². The van der Waals surface area contributed by atoms with Crippen molar-refractivity contribution < 1.29 is 0 Å². The Bertz CT molecular complexity index is 1210. The lowest BCUT2D eigenvalue weighted by atomic mass is 10.0. The normalized spacial score (nSPS) is 11.4. The van der Waals surface area contributed by atoms with Crippen LogP contribution in [0.1, 0.15) is 22.5 Å². The zero-order valence-electron chi connectivity index (χ0n) is 14.9. The van der Waals surface area contributed by atoms with Gasteiger partial charge in [-0.25, -0.2) is 4.98 Å². The van der Waals surface area contributed by atoms with Gasteiger partial charge in [-0.1, -0.05) is 23.7 Å². The minimum atomic E-state index is -0.0740. The third-order valence-corrected chi connectivity index (χ3v) is 5.10. The van der Waals surface area contributed by atoms with Crippen LogP contribution in [0.15, 0.2) is 47.4 Å². The highest BCUT2D eigenvalue weighted by Crippen LogP contribution is 2.23. The van der Waals surface area contributed by atoms with E-state index in [1.807, 2.05) is 37.3 Å². The number of nitrogens with zero attached hydrogens (tertiary/aromatic N) is 3. The van der Waals surface area contributed by atoms with E-state index in [1.54, 1.807) is 10.8 Å². The molecule has 0 radical (unpaired) electrons. The molecule has 0 saturated heterocycles. The smallest absolute Gasteiger partial charge is 0.263 e. The molecule has 0 bridgehead atoms. The van der Waals surface area contributed by atoms with Crippen LogP contribution >= 0.6 is 11.6 Å². The Morgan fingerprint density at radius 2 is 1.69 bits per heavy atom. The van der Waals surface area contributed by atoms with Crippen molar-refractivity contribution in [2.75, 3.05) is 0 Å². The number of rotatable bonds is 2. The fourth-order valence-electron chi connectivity index (χ4n) is 3.19. The average molecular weight is 364 g/mol. The van der Waals surface area contributed by atoms with E-state index in [2.05, 4.69) is 24.9 Å². The van der Waals surface area contributed by atoms with Crippen molar-refractivity contribution in [3.8, 4) is 0 Å². The molecule has 2 aromatic carbocycles. The highest BCUT2D eigenvalue weighted by molar-refractivity contribution is 6.30. The number of hydrogen-bond acceptors (Lipinski definition) is 3. The lowest BCUT2D eigenvalue weighted by Crippen LogP contribution is -2.24. The van der Waals surface area contributed by atoms with Crippen LogP contribution in [0.5, 0.6) is 0 Å². The second-order valence-corrected chi connectivity index (χ2v) is 7.09. The Hall–Kier alpha value is -2.72. The molecule has 0 aliphatic heterocycles. The molecule has 4 nitrogen and oxygen atoms in total. The molecule has 0 unspecified atom stereocenters. The first-order valence-electron chi connectivity index (χ1n) is 8.45. The zero-order chi connectivity index (χ0) is 18.4. The fraction of sp³-hybridized carbons (Fsp3) is 0.190. The van der Waals surface area contributed by atoms with Gasteiger partial charge in [-0.05, 0) is 61.7 Å². The topological polar surface area (TPSA) is 47.8 Å². The van der Waals surface area contributed by atoms with Crippen molar-refractivity contribution in [3.63, 3.8) is 0 Å². The number of halogens is 1. The number of pyridine rings is 1. The van der Waals surface area contributed by atoms with Crippen LogP contribution in [-0.2, 0) is 6.54 Å². The highest BCUT2D eigenvalue weighted by Gasteiger charge is 2.13. The van der Waals surface area contributed by atoms with E-state index in [0.29, 0.717) is 28.3 Å². The molecule has 0 saturated carbocycles. The predicted octanol–water partition coefficient (Wildman–Crippen LogP) is 4.57. The number of benzene rings is 2. The summed E-state index contributed by atoms with van der Waals surface area (Å²) in [6.07, 6.45) is 1.64. The number of aryl methyl sites for hydroxylation is 3. The van der Waals surface area contributed by atoms with E-state index in [4.69, 9.17) is 16.6 Å². The molecule has 5 heteroatoms. The van der Waals surface area contributed by atoms with Crippen LogP contribution in [0.2, 0.25) is 5.02 Å². The second kappa shape index (κ2) is 6.22. The van der Waals surface area contributed by atoms with Gasteiger partial charge in [-0.15, -0.1) is 0 Å². The molecule has 2 aromatic heterocycles. The van der Waals surface area contributed by atoms with Gasteiger partial charge in [0.25, 0.3) is 5.56 Å². The third kappa shape index (κ3) is 2.76. The number of fused-ring (bicyclic) bond motifs is 3. The van der Waals surface area contributed by atoms with Crippen molar-refractivity contribution in [1.82, 2.24) is 14.5 Å². The van der Waals surface area contributed by atoms with Crippen LogP contribution in [0.3, 0.4) is 0 Å². The lowest BCUT2D eigenvalue weighted by Gasteiger charge is -2.12. The zero-order valence-corrected chi connectivity index (χ0v) is 15.6. The summed E-state index contributed by atoms with van der Waals surface area (Å²) in [5, 5.41) is 2.14. The lowest BCUT2D eigenvalue weighted by molar-refractivity contribution is 0.713. The molecule has 0 amide bonds. The molecular formula is C21H18ClN3O. The maximum Gasteiger partial charge on any atom is 0.263 e. The predicted molar refractivity (Wildman–Crippen MR) is 106 cm³/mol. The molecule has 0 fully saturated rings. The van der Waals surface area contributed by atoms with Gasteiger partial charge in [0.1, 0.15) is 5.82 Å². The monoisotopic (exact) mass is 363 g/mol. The van der Waals surface area contributed by atoms with Crippen LogP contribution in [0, 0.1) is 20.8 Å². The molecule has 4 aromatic rings. The molecule has 0 N–H and O–H groups in total. The van der Waals surface area contributed by atoms with E-state index in [-0.39, 0.29) is 5.56 Å². The number of aromatic nitrogens is 3. The maximum atomic E-state index is 13.1. The van der Waals surface area contributed by atoms with Crippen LogP contribution in [0.4, 0.5) is 0 Å². The first-order valence-corrected chi connectivity index (χ1v) is 8.83. The quantitative estimate of drug-likeness (QED) is 0.490. The summed E-state index contributed by atoms with van der Waals surface area (Å²) in [7, 11) is 0. The Kier molecular flexibility index (Phi) is 4.00. The van der Waals surface area contributed by atoms with Gasteiger partial charge in [0.2, 0.25) is 0 Å². The third-order valence-electron chi connectivity index (χ3n) is 4.85. The Labute approximate surface area is 156 Å². The van der Waals surface area contributed by atoms with E-state index < -0.39 is 0 Å². The summed E-state index contributed by atoms with van der Waals surface area (Å²) in [5.74, 6) is 0.683. The van der Waals surface area contributed by atoms with Crippen LogP contribution in [0.25, 0.3) is 21.8 Å². The maximum absolute atomic E-state index is 13.1. The standard InChI is InChI=1S/C21H18ClN3O/c1-12-8-17-19(9-13(12)2)23-10-18-20(17)24-14(3)25(21(18)26)11-15-4-6-16(22)7-5-15/h4-10H,11H2,1-3H3. The molecule has 0 atom stereocenters. The van der Waals surface area contributed by atoms with Crippen molar-refractivity contribution in [1.29, 1.82) is 0 Å². The Balaban J connectivity index is 1.94. The summed E-state index contributed by atoms with van der Waals surface area (Å²) in [6.45, 7) is 6.44. The van der Waals surface area contributed by atoms with E-state index >= 15 is 0 Å². The SMILES string of the molecule is Cc1cc2ncc3c(=O)n(Cc4ccc(Cl)cc4)c(C)nc3c2cc1C. The van der Waals surface area contributed by atoms with Gasteiger partial charge < -0.3 is 0 Å². The van der Waals surface area contributed by atoms with Gasteiger partial charge >= 0.3 is 0 Å². The molecule has 0 aliphatic rings. The number of hydrogen-bond donors (Lipinski definition) is 0. The van der Waals surface area contributed by atoms with E-state index in [9.17, 15) is 4.79 Å². The highest BCUT2D eigenvalue weighted by atomic mass is 35.5. The first kappa shape index (κ1) is 16.7.